The third-order valence-corrected chi connectivity index (χ3v) is 5.56. The Bertz CT molecular complexity index is 454. The van der Waals surface area contributed by atoms with Crippen molar-refractivity contribution in [1.82, 2.24) is 15.2 Å². The van der Waals surface area contributed by atoms with E-state index in [0.717, 1.165) is 31.5 Å². The zero-order chi connectivity index (χ0) is 14.5. The lowest BCUT2D eigenvalue weighted by Crippen LogP contribution is -2.48. The van der Waals surface area contributed by atoms with Crippen molar-refractivity contribution in [3.8, 4) is 0 Å². The minimum Gasteiger partial charge on any atom is -0.339 e. The zero-order valence-electron chi connectivity index (χ0n) is 12.3. The normalized spacial score (nSPS) is 24.0. The highest BCUT2D eigenvalue weighted by atomic mass is 32.2. The lowest BCUT2D eigenvalue weighted by molar-refractivity contribution is 0.0702. The fraction of sp³-hybridized carbons (Fsp3) is 0.625. The molecule has 114 valence electrons. The lowest BCUT2D eigenvalue weighted by Gasteiger charge is -2.35. The van der Waals surface area contributed by atoms with Crippen LogP contribution in [0.2, 0.25) is 0 Å². The van der Waals surface area contributed by atoms with Crippen LogP contribution in [-0.2, 0) is 0 Å². The predicted molar refractivity (Wildman–Crippen MR) is 86.6 cm³/mol. The summed E-state index contributed by atoms with van der Waals surface area (Å²) in [5.41, 5.74) is 0.750. The molecule has 0 radical (unpaired) electrons. The van der Waals surface area contributed by atoms with Gasteiger partial charge in [-0.2, -0.15) is 11.8 Å². The number of pyridine rings is 1. The summed E-state index contributed by atoms with van der Waals surface area (Å²) >= 11 is 2.06. The van der Waals surface area contributed by atoms with Crippen molar-refractivity contribution in [2.45, 2.75) is 37.8 Å². The van der Waals surface area contributed by atoms with Crippen molar-refractivity contribution in [3.05, 3.63) is 30.1 Å². The largest absolute Gasteiger partial charge is 0.339 e. The Morgan fingerprint density at radius 2 is 1.95 bits per heavy atom. The van der Waals surface area contributed by atoms with Crippen LogP contribution >= 0.6 is 11.8 Å². The molecule has 4 nitrogen and oxygen atoms in total. The molecule has 3 rings (SSSR count). The maximum atomic E-state index is 12.4. The molecule has 2 aliphatic rings. The Morgan fingerprint density at radius 1 is 1.19 bits per heavy atom. The van der Waals surface area contributed by atoms with Crippen LogP contribution in [0.1, 0.15) is 36.0 Å². The number of nitrogens with one attached hydrogen (secondary N) is 1. The number of carbonyl (C=O) groups is 1. The van der Waals surface area contributed by atoms with Crippen molar-refractivity contribution in [2.24, 2.45) is 0 Å². The van der Waals surface area contributed by atoms with E-state index in [4.69, 9.17) is 0 Å². The number of thioether (sulfide) groups is 1. The molecule has 1 N–H and O–H groups in total. The Labute approximate surface area is 130 Å². The van der Waals surface area contributed by atoms with Gasteiger partial charge < -0.3 is 10.2 Å². The topological polar surface area (TPSA) is 45.2 Å². The van der Waals surface area contributed by atoms with Crippen molar-refractivity contribution in [1.29, 1.82) is 0 Å². The molecule has 2 fully saturated rings. The van der Waals surface area contributed by atoms with Gasteiger partial charge in [0.1, 0.15) is 0 Å². The van der Waals surface area contributed by atoms with Crippen LogP contribution in [0.4, 0.5) is 0 Å². The minimum atomic E-state index is 0.143. The molecule has 1 amide bonds. The van der Waals surface area contributed by atoms with Crippen molar-refractivity contribution in [3.63, 3.8) is 0 Å². The van der Waals surface area contributed by atoms with Crippen LogP contribution in [0, 0.1) is 0 Å². The van der Waals surface area contributed by atoms with E-state index < -0.39 is 0 Å². The molecule has 0 aliphatic carbocycles. The number of nitrogens with zero attached hydrogens (tertiary/aromatic N) is 2. The number of carbonyl (C=O) groups excluding carboxylic acids is 1. The fourth-order valence-electron chi connectivity index (χ4n) is 3.13. The first-order valence-electron chi connectivity index (χ1n) is 7.86. The highest BCUT2D eigenvalue weighted by Crippen LogP contribution is 2.20. The number of amides is 1. The first-order chi connectivity index (χ1) is 10.3. The van der Waals surface area contributed by atoms with Crippen molar-refractivity contribution < 1.29 is 4.79 Å². The first-order valence-corrected chi connectivity index (χ1v) is 9.01. The smallest absolute Gasteiger partial charge is 0.253 e. The van der Waals surface area contributed by atoms with Crippen LogP contribution < -0.4 is 5.32 Å². The third kappa shape index (κ3) is 3.98. The molecule has 0 bridgehead atoms. The Morgan fingerprint density at radius 3 is 2.62 bits per heavy atom. The molecular weight excluding hydrogens is 282 g/mol. The summed E-state index contributed by atoms with van der Waals surface area (Å²) in [4.78, 5) is 18.3. The molecule has 3 heterocycles. The van der Waals surface area contributed by atoms with Gasteiger partial charge in [-0.3, -0.25) is 9.78 Å². The summed E-state index contributed by atoms with van der Waals surface area (Å²) in [6.07, 6.45) is 8.14. The standard InChI is InChI=1S/C16H23N3OS/c20-16(13-3-7-17-8-4-13)19-9-5-14(6-10-19)18-15-2-1-11-21-12-15/h3-4,7-8,14-15,18H,1-2,5-6,9-12H2. The van der Waals surface area contributed by atoms with E-state index >= 15 is 0 Å². The number of likely N-dealkylation sites (tertiary alicyclic amines) is 1. The molecule has 21 heavy (non-hydrogen) atoms. The van der Waals surface area contributed by atoms with E-state index in [1.807, 2.05) is 4.90 Å². The van der Waals surface area contributed by atoms with Crippen LogP contribution in [0.3, 0.4) is 0 Å². The molecule has 1 aromatic rings. The lowest BCUT2D eigenvalue weighted by atomic mass is 10.0. The van der Waals surface area contributed by atoms with Gasteiger partial charge in [0.2, 0.25) is 0 Å². The van der Waals surface area contributed by atoms with E-state index in [1.54, 1.807) is 24.5 Å². The van der Waals surface area contributed by atoms with E-state index in [0.29, 0.717) is 12.1 Å². The van der Waals surface area contributed by atoms with Gasteiger partial charge in [-0.05, 0) is 43.6 Å². The third-order valence-electron chi connectivity index (χ3n) is 4.34. The SMILES string of the molecule is O=C(c1ccncc1)N1CCC(NC2CCCSC2)CC1. The highest BCUT2D eigenvalue weighted by molar-refractivity contribution is 7.99. The molecule has 0 spiro atoms. The Balaban J connectivity index is 1.47. The van der Waals surface area contributed by atoms with Gasteiger partial charge in [-0.15, -0.1) is 0 Å². The summed E-state index contributed by atoms with van der Waals surface area (Å²) in [6.45, 7) is 1.72. The van der Waals surface area contributed by atoms with Gasteiger partial charge in [0.25, 0.3) is 5.91 Å². The molecule has 0 saturated carbocycles. The minimum absolute atomic E-state index is 0.143. The second-order valence-corrected chi connectivity index (χ2v) is 7.03. The fourth-order valence-corrected chi connectivity index (χ4v) is 4.22. The van der Waals surface area contributed by atoms with E-state index in [9.17, 15) is 4.79 Å². The quantitative estimate of drug-likeness (QED) is 0.929. The predicted octanol–water partition coefficient (Wildman–Crippen LogP) is 2.17. The Kier molecular flexibility index (Phi) is 5.14. The van der Waals surface area contributed by atoms with Gasteiger partial charge in [-0.1, -0.05) is 0 Å². The molecule has 0 aromatic carbocycles. The summed E-state index contributed by atoms with van der Waals surface area (Å²) in [5, 5.41) is 3.79. The van der Waals surface area contributed by atoms with Crippen molar-refractivity contribution >= 4 is 17.7 Å². The number of piperidine rings is 1. The molecule has 2 aliphatic heterocycles. The molecule has 1 aromatic heterocycles. The maximum Gasteiger partial charge on any atom is 0.253 e. The van der Waals surface area contributed by atoms with Gasteiger partial charge in [-0.25, -0.2) is 0 Å². The molecule has 2 saturated heterocycles. The van der Waals surface area contributed by atoms with Gasteiger partial charge >= 0.3 is 0 Å². The second kappa shape index (κ2) is 7.27. The monoisotopic (exact) mass is 305 g/mol. The number of hydrogen-bond donors (Lipinski definition) is 1. The first kappa shape index (κ1) is 14.9. The molecule has 5 heteroatoms. The van der Waals surface area contributed by atoms with Gasteiger partial charge in [0.05, 0.1) is 0 Å². The number of rotatable bonds is 3. The van der Waals surface area contributed by atoms with E-state index in [1.165, 1.54) is 24.3 Å². The zero-order valence-corrected chi connectivity index (χ0v) is 13.1. The maximum absolute atomic E-state index is 12.4. The van der Waals surface area contributed by atoms with E-state index in [-0.39, 0.29) is 5.91 Å². The second-order valence-electron chi connectivity index (χ2n) is 5.88. The summed E-state index contributed by atoms with van der Waals surface area (Å²) in [6, 6.07) is 4.85. The molecular formula is C16H23N3OS. The summed E-state index contributed by atoms with van der Waals surface area (Å²) in [7, 11) is 0. The van der Waals surface area contributed by atoms with Gasteiger partial charge in [0.15, 0.2) is 0 Å². The number of hydrogen-bond acceptors (Lipinski definition) is 4. The van der Waals surface area contributed by atoms with Gasteiger partial charge in [0, 0.05) is 48.9 Å². The molecule has 1 unspecified atom stereocenters. The number of aromatic nitrogens is 1. The average Bonchev–Trinajstić information content (AvgIpc) is 2.57. The molecule has 1 atom stereocenters. The van der Waals surface area contributed by atoms with Crippen LogP contribution in [0.15, 0.2) is 24.5 Å². The van der Waals surface area contributed by atoms with Crippen molar-refractivity contribution in [2.75, 3.05) is 24.6 Å². The van der Waals surface area contributed by atoms with Crippen LogP contribution in [0.5, 0.6) is 0 Å². The average molecular weight is 305 g/mol. The summed E-state index contributed by atoms with van der Waals surface area (Å²) in [5.74, 6) is 2.71. The van der Waals surface area contributed by atoms with E-state index in [2.05, 4.69) is 22.1 Å². The summed E-state index contributed by atoms with van der Waals surface area (Å²) < 4.78 is 0. The van der Waals surface area contributed by atoms with Crippen LogP contribution in [-0.4, -0.2) is 52.5 Å². The Hall–Kier alpha value is -1.07. The van der Waals surface area contributed by atoms with Crippen LogP contribution in [0.25, 0.3) is 0 Å². The highest BCUT2D eigenvalue weighted by Gasteiger charge is 2.25.